The number of hydrogen-bond acceptors (Lipinski definition) is 2. The highest BCUT2D eigenvalue weighted by molar-refractivity contribution is 9.10. The summed E-state index contributed by atoms with van der Waals surface area (Å²) in [5.41, 5.74) is 10.4. The number of nitrogens with zero attached hydrogens (tertiary/aromatic N) is 1. The van der Waals surface area contributed by atoms with E-state index in [-0.39, 0.29) is 5.91 Å². The van der Waals surface area contributed by atoms with Crippen LogP contribution in [0.2, 0.25) is 0 Å². The van der Waals surface area contributed by atoms with E-state index in [9.17, 15) is 4.79 Å². The summed E-state index contributed by atoms with van der Waals surface area (Å²) < 4.78 is 0.915. The molecular formula is C16H15BrN2O. The summed E-state index contributed by atoms with van der Waals surface area (Å²) in [6.07, 6.45) is 0.883. The van der Waals surface area contributed by atoms with Gasteiger partial charge in [-0.2, -0.15) is 0 Å². The zero-order chi connectivity index (χ0) is 14.3. The lowest BCUT2D eigenvalue weighted by Gasteiger charge is -2.19. The van der Waals surface area contributed by atoms with E-state index in [2.05, 4.69) is 15.9 Å². The van der Waals surface area contributed by atoms with Gasteiger partial charge >= 0.3 is 0 Å². The molecule has 0 saturated heterocycles. The van der Waals surface area contributed by atoms with Gasteiger partial charge in [-0.05, 0) is 48.7 Å². The van der Waals surface area contributed by atoms with Crippen molar-refractivity contribution < 1.29 is 4.79 Å². The third kappa shape index (κ3) is 2.20. The Morgan fingerprint density at radius 1 is 1.25 bits per heavy atom. The summed E-state index contributed by atoms with van der Waals surface area (Å²) in [5, 5.41) is 0. The van der Waals surface area contributed by atoms with Crippen LogP contribution in [0.5, 0.6) is 0 Å². The first-order valence-electron chi connectivity index (χ1n) is 6.52. The Bertz CT molecular complexity index is 697. The summed E-state index contributed by atoms with van der Waals surface area (Å²) in [4.78, 5) is 14.6. The molecule has 0 radical (unpaired) electrons. The number of fused-ring (bicyclic) bond motifs is 1. The second-order valence-corrected chi connectivity index (χ2v) is 5.97. The smallest absolute Gasteiger partial charge is 0.258 e. The zero-order valence-corrected chi connectivity index (χ0v) is 12.8. The molecule has 3 nitrogen and oxygen atoms in total. The van der Waals surface area contributed by atoms with Crippen molar-refractivity contribution in [3.63, 3.8) is 0 Å². The van der Waals surface area contributed by atoms with Crippen LogP contribution in [0.1, 0.15) is 21.5 Å². The van der Waals surface area contributed by atoms with Crippen LogP contribution in [-0.4, -0.2) is 12.5 Å². The molecule has 1 aliphatic heterocycles. The van der Waals surface area contributed by atoms with E-state index >= 15 is 0 Å². The number of rotatable bonds is 1. The Balaban J connectivity index is 2.01. The average molecular weight is 331 g/mol. The second kappa shape index (κ2) is 4.94. The number of nitrogens with two attached hydrogens (primary N) is 1. The summed E-state index contributed by atoms with van der Waals surface area (Å²) in [7, 11) is 0. The molecular weight excluding hydrogens is 316 g/mol. The van der Waals surface area contributed by atoms with Gasteiger partial charge in [-0.3, -0.25) is 4.79 Å². The predicted octanol–water partition coefficient (Wildman–Crippen LogP) is 3.54. The predicted molar refractivity (Wildman–Crippen MR) is 85.1 cm³/mol. The quantitative estimate of drug-likeness (QED) is 0.813. The molecule has 0 spiro atoms. The van der Waals surface area contributed by atoms with Crippen LogP contribution in [-0.2, 0) is 6.42 Å². The van der Waals surface area contributed by atoms with Crippen LogP contribution in [0.15, 0.2) is 40.9 Å². The Morgan fingerprint density at radius 3 is 2.85 bits per heavy atom. The van der Waals surface area contributed by atoms with Crippen LogP contribution in [0.25, 0.3) is 0 Å². The van der Waals surface area contributed by atoms with Crippen LogP contribution in [0.3, 0.4) is 0 Å². The number of carbonyl (C=O) groups is 1. The van der Waals surface area contributed by atoms with Crippen LogP contribution in [0, 0.1) is 6.92 Å². The van der Waals surface area contributed by atoms with Gasteiger partial charge in [-0.1, -0.05) is 28.1 Å². The lowest BCUT2D eigenvalue weighted by molar-refractivity contribution is 0.0989. The van der Waals surface area contributed by atoms with Crippen LogP contribution in [0.4, 0.5) is 11.4 Å². The molecule has 1 aliphatic rings. The second-order valence-electron chi connectivity index (χ2n) is 5.05. The fourth-order valence-corrected chi connectivity index (χ4v) is 2.94. The van der Waals surface area contributed by atoms with Gasteiger partial charge in [0, 0.05) is 28.0 Å². The average Bonchev–Trinajstić information content (AvgIpc) is 2.83. The number of benzene rings is 2. The van der Waals surface area contributed by atoms with Crippen molar-refractivity contribution in [2.75, 3.05) is 17.2 Å². The lowest BCUT2D eigenvalue weighted by Crippen LogP contribution is -2.29. The van der Waals surface area contributed by atoms with Crippen molar-refractivity contribution in [1.29, 1.82) is 0 Å². The molecule has 1 amide bonds. The molecule has 0 aromatic heterocycles. The maximum atomic E-state index is 12.8. The summed E-state index contributed by atoms with van der Waals surface area (Å²) in [5.74, 6) is 0.0353. The van der Waals surface area contributed by atoms with E-state index in [4.69, 9.17) is 5.73 Å². The number of anilines is 2. The highest BCUT2D eigenvalue weighted by atomic mass is 79.9. The normalized spacial score (nSPS) is 13.4. The molecule has 2 aromatic rings. The van der Waals surface area contributed by atoms with Gasteiger partial charge in [0.1, 0.15) is 0 Å². The Labute approximate surface area is 126 Å². The summed E-state index contributed by atoms with van der Waals surface area (Å²) in [6, 6.07) is 11.5. The largest absolute Gasteiger partial charge is 0.399 e. The Kier molecular flexibility index (Phi) is 3.26. The van der Waals surface area contributed by atoms with Crippen molar-refractivity contribution in [3.8, 4) is 0 Å². The molecule has 2 aromatic carbocycles. The molecule has 2 N–H and O–H groups in total. The Morgan fingerprint density at radius 2 is 2.05 bits per heavy atom. The molecule has 4 heteroatoms. The highest BCUT2D eigenvalue weighted by Crippen LogP contribution is 2.32. The van der Waals surface area contributed by atoms with E-state index in [0.717, 1.165) is 27.7 Å². The minimum atomic E-state index is 0.0353. The maximum absolute atomic E-state index is 12.8. The van der Waals surface area contributed by atoms with Crippen molar-refractivity contribution in [3.05, 3.63) is 57.6 Å². The number of halogens is 1. The molecule has 0 saturated carbocycles. The van der Waals surface area contributed by atoms with Gasteiger partial charge in [0.15, 0.2) is 0 Å². The van der Waals surface area contributed by atoms with Gasteiger partial charge in [0.05, 0.1) is 0 Å². The van der Waals surface area contributed by atoms with Crippen LogP contribution < -0.4 is 10.6 Å². The molecule has 0 bridgehead atoms. The number of aryl methyl sites for hydroxylation is 1. The molecule has 0 atom stereocenters. The van der Waals surface area contributed by atoms with Gasteiger partial charge in [0.25, 0.3) is 5.91 Å². The van der Waals surface area contributed by atoms with Gasteiger partial charge in [-0.25, -0.2) is 0 Å². The van der Waals surface area contributed by atoms with Gasteiger partial charge in [-0.15, -0.1) is 0 Å². The van der Waals surface area contributed by atoms with Crippen LogP contribution >= 0.6 is 15.9 Å². The van der Waals surface area contributed by atoms with Crippen molar-refractivity contribution in [1.82, 2.24) is 0 Å². The topological polar surface area (TPSA) is 46.3 Å². The number of carbonyl (C=O) groups excluding carboxylic acids is 1. The molecule has 0 fully saturated rings. The number of nitrogen functional groups attached to an aromatic ring is 1. The van der Waals surface area contributed by atoms with Crippen molar-refractivity contribution in [2.24, 2.45) is 0 Å². The van der Waals surface area contributed by atoms with E-state index in [0.29, 0.717) is 12.2 Å². The Hall–Kier alpha value is -1.81. The monoisotopic (exact) mass is 330 g/mol. The molecule has 1 heterocycles. The third-order valence-electron chi connectivity index (χ3n) is 3.68. The van der Waals surface area contributed by atoms with E-state index in [1.54, 1.807) is 0 Å². The molecule has 0 unspecified atom stereocenters. The minimum Gasteiger partial charge on any atom is -0.399 e. The van der Waals surface area contributed by atoms with Crippen molar-refractivity contribution >= 4 is 33.2 Å². The molecule has 3 rings (SSSR count). The summed E-state index contributed by atoms with van der Waals surface area (Å²) >= 11 is 3.43. The standard InChI is InChI=1S/C16H15BrN2O/c1-10-2-4-12(17)8-14(10)16(20)19-7-6-11-3-5-13(18)9-15(11)19/h2-5,8-9H,6-7,18H2,1H3. The van der Waals surface area contributed by atoms with Crippen molar-refractivity contribution in [2.45, 2.75) is 13.3 Å². The molecule has 0 aliphatic carbocycles. The SMILES string of the molecule is Cc1ccc(Br)cc1C(=O)N1CCc2ccc(N)cc21. The fourth-order valence-electron chi connectivity index (χ4n) is 2.58. The van der Waals surface area contributed by atoms with Gasteiger partial charge < -0.3 is 10.6 Å². The molecule has 102 valence electrons. The number of amides is 1. The van der Waals surface area contributed by atoms with Gasteiger partial charge in [0.2, 0.25) is 0 Å². The minimum absolute atomic E-state index is 0.0353. The van der Waals surface area contributed by atoms with E-state index < -0.39 is 0 Å². The maximum Gasteiger partial charge on any atom is 0.258 e. The zero-order valence-electron chi connectivity index (χ0n) is 11.2. The first kappa shape index (κ1) is 13.2. The summed E-state index contributed by atoms with van der Waals surface area (Å²) in [6.45, 7) is 2.67. The fraction of sp³-hybridized carbons (Fsp3) is 0.188. The molecule has 20 heavy (non-hydrogen) atoms. The first-order valence-corrected chi connectivity index (χ1v) is 7.32. The van der Waals surface area contributed by atoms with E-state index in [1.165, 1.54) is 5.56 Å². The first-order chi connectivity index (χ1) is 9.56. The third-order valence-corrected chi connectivity index (χ3v) is 4.17. The highest BCUT2D eigenvalue weighted by Gasteiger charge is 2.26. The number of hydrogen-bond donors (Lipinski definition) is 1. The lowest BCUT2D eigenvalue weighted by atomic mass is 10.1. The van der Waals surface area contributed by atoms with E-state index in [1.807, 2.05) is 48.2 Å².